The summed E-state index contributed by atoms with van der Waals surface area (Å²) in [4.78, 5) is 22.1. The van der Waals surface area contributed by atoms with Crippen LogP contribution in [0.1, 0.15) is 0 Å². The average molecular weight is 165 g/mol. The summed E-state index contributed by atoms with van der Waals surface area (Å²) in [6.07, 6.45) is 9.34. The van der Waals surface area contributed by atoms with E-state index in [-0.39, 0.29) is 0 Å². The molecule has 0 aromatic heterocycles. The minimum absolute atomic E-state index is 0.966. The lowest BCUT2D eigenvalue weighted by Crippen LogP contribution is -2.27. The van der Waals surface area contributed by atoms with E-state index >= 15 is 0 Å². The Bertz CT molecular complexity index is 273. The number of amides is 1. The van der Waals surface area contributed by atoms with E-state index in [2.05, 4.69) is 0 Å². The maximum Gasteiger partial charge on any atom is 0.395 e. The second-order valence-corrected chi connectivity index (χ2v) is 2.09. The number of aliphatic carboxylic acids is 1. The van der Waals surface area contributed by atoms with Crippen LogP contribution in [-0.4, -0.2) is 21.9 Å². The minimum Gasteiger partial charge on any atom is -0.474 e. The molecule has 4 heteroatoms. The minimum atomic E-state index is -1.47. The van der Waals surface area contributed by atoms with E-state index in [1.165, 1.54) is 12.4 Å². The Labute approximate surface area is 69.1 Å². The van der Waals surface area contributed by atoms with E-state index < -0.39 is 11.9 Å². The van der Waals surface area contributed by atoms with E-state index in [0.29, 0.717) is 0 Å². The molecular formula is C8H7NO3. The Morgan fingerprint density at radius 2 is 1.50 bits per heavy atom. The van der Waals surface area contributed by atoms with Gasteiger partial charge >= 0.3 is 11.9 Å². The van der Waals surface area contributed by atoms with Gasteiger partial charge in [-0.15, -0.1) is 0 Å². The first-order chi connectivity index (χ1) is 5.72. The number of hydrogen-bond acceptors (Lipinski definition) is 2. The molecule has 4 nitrogen and oxygen atoms in total. The largest absolute Gasteiger partial charge is 0.474 e. The zero-order valence-electron chi connectivity index (χ0n) is 6.18. The molecule has 0 aromatic carbocycles. The maximum atomic E-state index is 10.8. The lowest BCUT2D eigenvalue weighted by Gasteiger charge is -2.07. The van der Waals surface area contributed by atoms with Gasteiger partial charge in [-0.3, -0.25) is 9.69 Å². The van der Waals surface area contributed by atoms with Crippen molar-refractivity contribution in [3.05, 3.63) is 36.7 Å². The van der Waals surface area contributed by atoms with Crippen molar-refractivity contribution in [3.8, 4) is 0 Å². The van der Waals surface area contributed by atoms with Crippen molar-refractivity contribution in [2.45, 2.75) is 0 Å². The summed E-state index contributed by atoms with van der Waals surface area (Å²) in [7, 11) is 0. The number of carboxylic acid groups (broad SMARTS) is 1. The van der Waals surface area contributed by atoms with Crippen LogP contribution >= 0.6 is 0 Å². The van der Waals surface area contributed by atoms with Crippen molar-refractivity contribution < 1.29 is 14.7 Å². The van der Waals surface area contributed by atoms with Gasteiger partial charge in [-0.05, 0) is 12.2 Å². The fourth-order valence-corrected chi connectivity index (χ4v) is 0.709. The Morgan fingerprint density at radius 3 is 1.92 bits per heavy atom. The van der Waals surface area contributed by atoms with Crippen molar-refractivity contribution in [2.24, 2.45) is 0 Å². The average Bonchev–Trinajstić information content (AvgIpc) is 2.30. The van der Waals surface area contributed by atoms with Gasteiger partial charge in [-0.25, -0.2) is 4.79 Å². The Morgan fingerprint density at radius 1 is 1.00 bits per heavy atom. The third kappa shape index (κ3) is 1.82. The predicted molar refractivity (Wildman–Crippen MR) is 41.9 cm³/mol. The third-order valence-corrected chi connectivity index (χ3v) is 1.24. The van der Waals surface area contributed by atoms with Gasteiger partial charge in [-0.1, -0.05) is 12.2 Å². The molecule has 0 spiro atoms. The van der Waals surface area contributed by atoms with Crippen LogP contribution in [0.5, 0.6) is 0 Å². The predicted octanol–water partition coefficient (Wildman–Crippen LogP) is 0.497. The Hall–Kier alpha value is -1.84. The second kappa shape index (κ2) is 3.52. The Balaban J connectivity index is 2.77. The van der Waals surface area contributed by atoms with Crippen molar-refractivity contribution in [1.82, 2.24) is 4.90 Å². The standard InChI is InChI=1S/C8H7NO3/c10-7(8(11)12)9-5-3-1-2-4-6-9/h1-6H,(H,11,12). The third-order valence-electron chi connectivity index (χ3n) is 1.24. The fraction of sp³-hybridized carbons (Fsp3) is 0. The summed E-state index contributed by atoms with van der Waals surface area (Å²) < 4.78 is 0. The molecule has 0 aromatic rings. The van der Waals surface area contributed by atoms with Gasteiger partial charge in [0.2, 0.25) is 0 Å². The summed E-state index contributed by atoms with van der Waals surface area (Å²) in [6, 6.07) is 0. The first-order valence-electron chi connectivity index (χ1n) is 3.29. The molecular weight excluding hydrogens is 158 g/mol. The second-order valence-electron chi connectivity index (χ2n) is 2.09. The number of carboxylic acids is 1. The smallest absolute Gasteiger partial charge is 0.395 e. The molecule has 0 unspecified atom stereocenters. The summed E-state index contributed by atoms with van der Waals surface area (Å²) in [5, 5.41) is 8.35. The SMILES string of the molecule is O=C(O)C(=O)N1C=CC=CC=C1. The molecule has 0 aliphatic carbocycles. The summed E-state index contributed by atoms with van der Waals surface area (Å²) in [5.41, 5.74) is 0. The van der Waals surface area contributed by atoms with Gasteiger partial charge < -0.3 is 5.11 Å². The highest BCUT2D eigenvalue weighted by Crippen LogP contribution is 1.98. The highest BCUT2D eigenvalue weighted by Gasteiger charge is 2.16. The monoisotopic (exact) mass is 165 g/mol. The van der Waals surface area contributed by atoms with Crippen LogP contribution in [0.3, 0.4) is 0 Å². The van der Waals surface area contributed by atoms with Crippen molar-refractivity contribution in [3.63, 3.8) is 0 Å². The zero-order chi connectivity index (χ0) is 8.97. The number of rotatable bonds is 0. The van der Waals surface area contributed by atoms with Gasteiger partial charge in [0, 0.05) is 12.4 Å². The topological polar surface area (TPSA) is 57.6 Å². The van der Waals surface area contributed by atoms with Crippen LogP contribution in [0.4, 0.5) is 0 Å². The van der Waals surface area contributed by atoms with Gasteiger partial charge in [0.15, 0.2) is 0 Å². The molecule has 62 valence electrons. The van der Waals surface area contributed by atoms with Gasteiger partial charge in [0.1, 0.15) is 0 Å². The first-order valence-corrected chi connectivity index (χ1v) is 3.29. The molecule has 0 radical (unpaired) electrons. The molecule has 12 heavy (non-hydrogen) atoms. The summed E-state index contributed by atoms with van der Waals surface area (Å²) in [5.74, 6) is -2.43. The normalized spacial score (nSPS) is 14.5. The molecule has 0 bridgehead atoms. The van der Waals surface area contributed by atoms with Crippen LogP contribution in [0.15, 0.2) is 36.7 Å². The zero-order valence-corrected chi connectivity index (χ0v) is 6.18. The molecule has 1 amide bonds. The van der Waals surface area contributed by atoms with Crippen LogP contribution in [0, 0.1) is 0 Å². The highest BCUT2D eigenvalue weighted by molar-refractivity contribution is 6.31. The number of hydrogen-bond donors (Lipinski definition) is 1. The van der Waals surface area contributed by atoms with Crippen LogP contribution < -0.4 is 0 Å². The Kier molecular flexibility index (Phi) is 2.42. The number of carbonyl (C=O) groups is 2. The lowest BCUT2D eigenvalue weighted by atomic mass is 10.5. The van der Waals surface area contributed by atoms with Crippen LogP contribution in [0.2, 0.25) is 0 Å². The quantitative estimate of drug-likeness (QED) is 0.531. The van der Waals surface area contributed by atoms with E-state index in [1.54, 1.807) is 24.3 Å². The molecule has 1 N–H and O–H groups in total. The van der Waals surface area contributed by atoms with E-state index in [4.69, 9.17) is 5.11 Å². The summed E-state index contributed by atoms with van der Waals surface area (Å²) >= 11 is 0. The molecule has 0 fully saturated rings. The van der Waals surface area contributed by atoms with Gasteiger partial charge in [0.25, 0.3) is 0 Å². The van der Waals surface area contributed by atoms with Gasteiger partial charge in [-0.2, -0.15) is 0 Å². The lowest BCUT2D eigenvalue weighted by molar-refractivity contribution is -0.153. The molecule has 1 aliphatic rings. The van der Waals surface area contributed by atoms with E-state index in [9.17, 15) is 9.59 Å². The number of allylic oxidation sites excluding steroid dienone is 4. The first kappa shape index (κ1) is 8.26. The van der Waals surface area contributed by atoms with E-state index in [0.717, 1.165) is 4.90 Å². The van der Waals surface area contributed by atoms with E-state index in [1.807, 2.05) is 0 Å². The van der Waals surface area contributed by atoms with Crippen molar-refractivity contribution in [1.29, 1.82) is 0 Å². The molecule has 1 heterocycles. The maximum absolute atomic E-state index is 10.8. The molecule has 1 rings (SSSR count). The highest BCUT2D eigenvalue weighted by atomic mass is 16.4. The number of nitrogens with zero attached hydrogens (tertiary/aromatic N) is 1. The van der Waals surface area contributed by atoms with Crippen molar-refractivity contribution >= 4 is 11.9 Å². The molecule has 0 saturated carbocycles. The van der Waals surface area contributed by atoms with Crippen LogP contribution in [0.25, 0.3) is 0 Å². The molecule has 0 atom stereocenters. The molecule has 1 aliphatic heterocycles. The van der Waals surface area contributed by atoms with Crippen molar-refractivity contribution in [2.75, 3.05) is 0 Å². The molecule has 0 saturated heterocycles. The van der Waals surface area contributed by atoms with Crippen LogP contribution in [-0.2, 0) is 9.59 Å². The summed E-state index contributed by atoms with van der Waals surface area (Å²) in [6.45, 7) is 0. The number of carbonyl (C=O) groups excluding carboxylic acids is 1. The van der Waals surface area contributed by atoms with Gasteiger partial charge in [0.05, 0.1) is 0 Å². The fourth-order valence-electron chi connectivity index (χ4n) is 0.709.